The summed E-state index contributed by atoms with van der Waals surface area (Å²) < 4.78 is 33.0. The molecule has 3 aromatic rings. The van der Waals surface area contributed by atoms with Crippen LogP contribution in [-0.2, 0) is 49.3 Å². The van der Waals surface area contributed by atoms with Gasteiger partial charge in [-0.1, -0.05) is 12.1 Å². The van der Waals surface area contributed by atoms with Crippen LogP contribution in [0.25, 0.3) is 10.9 Å². The molecule has 44 heavy (non-hydrogen) atoms. The molecular formula is C31H31NO12. The van der Waals surface area contributed by atoms with Gasteiger partial charge in [-0.05, 0) is 35.9 Å². The molecule has 0 saturated carbocycles. The average molecular weight is 610 g/mol. The second-order valence-corrected chi connectivity index (χ2v) is 9.99. The SMILES string of the molecule is CC(=O)OC[C@@H]1O[C@H](Oc2ccc(C(=O)Cc3ccc4ncccc4c3)c(O)c2)[C@@H](OC(C)=O)[C@H](OC(C)=O)[C@H]1OC(C)=O. The summed E-state index contributed by atoms with van der Waals surface area (Å²) in [5.41, 5.74) is 1.55. The lowest BCUT2D eigenvalue weighted by Crippen LogP contribution is -2.63. The standard InChI is InChI=1S/C31H31NO12/c1-16(33)39-15-27-28(40-17(2)34)29(41-18(3)35)30(42-19(4)36)31(44-27)43-22-8-9-23(26(38)14-22)25(37)13-20-7-10-24-21(12-20)6-5-11-32-24/h5-12,14,27-31,38H,13,15H2,1-4H3/t27-,28-,29+,30-,31-/m0/s1. The van der Waals surface area contributed by atoms with Crippen molar-refractivity contribution in [3.63, 3.8) is 0 Å². The number of phenolic OH excluding ortho intramolecular Hbond substituents is 1. The number of aromatic hydroxyl groups is 1. The molecule has 0 amide bonds. The van der Waals surface area contributed by atoms with Gasteiger partial charge in [0.15, 0.2) is 18.0 Å². The van der Waals surface area contributed by atoms with Gasteiger partial charge in [-0.2, -0.15) is 0 Å². The normalized spacial score (nSPS) is 21.1. The zero-order valence-corrected chi connectivity index (χ0v) is 24.4. The molecule has 0 aliphatic carbocycles. The molecule has 4 rings (SSSR count). The molecule has 5 atom stereocenters. The molecule has 2 aromatic carbocycles. The van der Waals surface area contributed by atoms with Crippen LogP contribution in [0.3, 0.4) is 0 Å². The van der Waals surface area contributed by atoms with E-state index in [0.717, 1.165) is 44.2 Å². The summed E-state index contributed by atoms with van der Waals surface area (Å²) in [6, 6.07) is 13.0. The zero-order chi connectivity index (χ0) is 32.0. The molecule has 1 aromatic heterocycles. The molecule has 1 aliphatic heterocycles. The van der Waals surface area contributed by atoms with Crippen LogP contribution >= 0.6 is 0 Å². The van der Waals surface area contributed by atoms with Gasteiger partial charge >= 0.3 is 23.9 Å². The number of pyridine rings is 1. The highest BCUT2D eigenvalue weighted by atomic mass is 16.7. The van der Waals surface area contributed by atoms with E-state index in [1.165, 1.54) is 18.2 Å². The monoisotopic (exact) mass is 609 g/mol. The van der Waals surface area contributed by atoms with Crippen molar-refractivity contribution in [3.05, 3.63) is 65.9 Å². The molecule has 0 radical (unpaired) electrons. The van der Waals surface area contributed by atoms with E-state index in [4.69, 9.17) is 28.4 Å². The third-order valence-electron chi connectivity index (χ3n) is 6.50. The first-order valence-electron chi connectivity index (χ1n) is 13.6. The zero-order valence-electron chi connectivity index (χ0n) is 24.4. The molecule has 0 bridgehead atoms. The van der Waals surface area contributed by atoms with Gasteiger partial charge in [0.25, 0.3) is 0 Å². The van der Waals surface area contributed by atoms with Gasteiger partial charge in [0, 0.05) is 51.8 Å². The number of phenols is 1. The maximum absolute atomic E-state index is 13.1. The number of carbonyl (C=O) groups is 5. The number of carbonyl (C=O) groups excluding carboxylic acids is 5. The van der Waals surface area contributed by atoms with E-state index in [-0.39, 0.29) is 29.3 Å². The summed E-state index contributed by atoms with van der Waals surface area (Å²) in [5.74, 6) is -3.77. The summed E-state index contributed by atoms with van der Waals surface area (Å²) in [5, 5.41) is 11.6. The molecule has 0 spiro atoms. The van der Waals surface area contributed by atoms with Crippen LogP contribution in [0.5, 0.6) is 11.5 Å². The summed E-state index contributed by atoms with van der Waals surface area (Å²) in [4.78, 5) is 64.8. The number of ketones is 1. The lowest BCUT2D eigenvalue weighted by atomic mass is 9.98. The minimum absolute atomic E-state index is 0.00303. The van der Waals surface area contributed by atoms with E-state index in [1.54, 1.807) is 18.3 Å². The highest BCUT2D eigenvalue weighted by Gasteiger charge is 2.53. The van der Waals surface area contributed by atoms with Crippen molar-refractivity contribution >= 4 is 40.6 Å². The van der Waals surface area contributed by atoms with Crippen LogP contribution in [0.2, 0.25) is 0 Å². The van der Waals surface area contributed by atoms with Crippen LogP contribution in [0, 0.1) is 0 Å². The van der Waals surface area contributed by atoms with E-state index in [1.807, 2.05) is 18.2 Å². The molecule has 1 aliphatic rings. The molecule has 1 N–H and O–H groups in total. The Kier molecular flexibility index (Phi) is 10.1. The Labute approximate surface area is 252 Å². The number of benzene rings is 2. The molecule has 232 valence electrons. The number of Topliss-reactive ketones (excluding diaryl/α,β-unsaturated/α-hetero) is 1. The first-order chi connectivity index (χ1) is 20.9. The van der Waals surface area contributed by atoms with Crippen LogP contribution in [0.1, 0.15) is 43.6 Å². The van der Waals surface area contributed by atoms with Gasteiger partial charge in [0.1, 0.15) is 24.2 Å². The van der Waals surface area contributed by atoms with Crippen molar-refractivity contribution in [2.75, 3.05) is 6.61 Å². The topological polar surface area (TPSA) is 174 Å². The average Bonchev–Trinajstić information content (AvgIpc) is 2.94. The predicted molar refractivity (Wildman–Crippen MR) is 150 cm³/mol. The quantitative estimate of drug-likeness (QED) is 0.202. The molecule has 1 saturated heterocycles. The van der Waals surface area contributed by atoms with E-state index >= 15 is 0 Å². The highest BCUT2D eigenvalue weighted by Crippen LogP contribution is 2.33. The number of nitrogens with zero attached hydrogens (tertiary/aromatic N) is 1. The van der Waals surface area contributed by atoms with Crippen molar-refractivity contribution < 1.29 is 57.5 Å². The molecule has 13 nitrogen and oxygen atoms in total. The van der Waals surface area contributed by atoms with Crippen molar-refractivity contribution in [2.24, 2.45) is 0 Å². The van der Waals surface area contributed by atoms with E-state index in [0.29, 0.717) is 0 Å². The third kappa shape index (κ3) is 8.07. The van der Waals surface area contributed by atoms with Crippen LogP contribution < -0.4 is 4.74 Å². The van der Waals surface area contributed by atoms with E-state index < -0.39 is 61.2 Å². The van der Waals surface area contributed by atoms with Crippen molar-refractivity contribution in [2.45, 2.75) is 64.8 Å². The van der Waals surface area contributed by atoms with Gasteiger partial charge < -0.3 is 33.5 Å². The summed E-state index contributed by atoms with van der Waals surface area (Å²) >= 11 is 0. The van der Waals surface area contributed by atoms with Gasteiger partial charge in [-0.3, -0.25) is 29.0 Å². The lowest BCUT2D eigenvalue weighted by molar-refractivity contribution is -0.288. The lowest BCUT2D eigenvalue weighted by Gasteiger charge is -2.43. The maximum Gasteiger partial charge on any atom is 0.303 e. The molecule has 1 fully saturated rings. The summed E-state index contributed by atoms with van der Waals surface area (Å²) in [7, 11) is 0. The Morgan fingerprint density at radius 2 is 1.50 bits per heavy atom. The van der Waals surface area contributed by atoms with Crippen LogP contribution in [-0.4, -0.2) is 77.1 Å². The first-order valence-corrected chi connectivity index (χ1v) is 13.6. The highest BCUT2D eigenvalue weighted by molar-refractivity contribution is 6.00. The Morgan fingerprint density at radius 1 is 0.818 bits per heavy atom. The number of fused-ring (bicyclic) bond motifs is 1. The van der Waals surface area contributed by atoms with Crippen LogP contribution in [0.15, 0.2) is 54.7 Å². The van der Waals surface area contributed by atoms with Crippen LogP contribution in [0.4, 0.5) is 0 Å². The largest absolute Gasteiger partial charge is 0.507 e. The number of ether oxygens (including phenoxy) is 6. The molecule has 0 unspecified atom stereocenters. The minimum Gasteiger partial charge on any atom is -0.507 e. The van der Waals surface area contributed by atoms with Gasteiger partial charge in [0.05, 0.1) is 11.1 Å². The number of rotatable bonds is 10. The van der Waals surface area contributed by atoms with E-state index in [2.05, 4.69) is 4.98 Å². The number of hydrogen-bond donors (Lipinski definition) is 1. The molecule has 13 heteroatoms. The smallest absolute Gasteiger partial charge is 0.303 e. The van der Waals surface area contributed by atoms with Gasteiger partial charge in [-0.25, -0.2) is 0 Å². The second kappa shape index (κ2) is 14.0. The van der Waals surface area contributed by atoms with E-state index in [9.17, 15) is 29.1 Å². The number of aromatic nitrogens is 1. The summed E-state index contributed by atoms with van der Waals surface area (Å²) in [6.07, 6.45) is -5.25. The molecule has 2 heterocycles. The van der Waals surface area contributed by atoms with Crippen molar-refractivity contribution in [1.82, 2.24) is 4.98 Å². The predicted octanol–water partition coefficient (Wildman–Crippen LogP) is 2.83. The Hall–Kier alpha value is -5.04. The fourth-order valence-electron chi connectivity index (χ4n) is 4.75. The first kappa shape index (κ1) is 31.9. The fraction of sp³-hybridized carbons (Fsp3) is 0.355. The third-order valence-corrected chi connectivity index (χ3v) is 6.50. The fourth-order valence-corrected chi connectivity index (χ4v) is 4.75. The number of esters is 4. The van der Waals surface area contributed by atoms with Crippen molar-refractivity contribution in [1.29, 1.82) is 0 Å². The number of hydrogen-bond acceptors (Lipinski definition) is 13. The summed E-state index contributed by atoms with van der Waals surface area (Å²) in [6.45, 7) is 4.05. The van der Waals surface area contributed by atoms with Gasteiger partial charge in [-0.15, -0.1) is 0 Å². The Morgan fingerprint density at radius 3 is 2.16 bits per heavy atom. The molecular weight excluding hydrogens is 578 g/mol. The van der Waals surface area contributed by atoms with Crippen molar-refractivity contribution in [3.8, 4) is 11.5 Å². The second-order valence-electron chi connectivity index (χ2n) is 9.99. The Bertz CT molecular complexity index is 1570. The minimum atomic E-state index is -1.50. The maximum atomic E-state index is 13.1. The van der Waals surface area contributed by atoms with Gasteiger partial charge in [0.2, 0.25) is 12.4 Å². The Balaban J connectivity index is 1.59.